The minimum Gasteiger partial charge on any atom is -0.396 e. The van der Waals surface area contributed by atoms with E-state index in [9.17, 15) is 10.1 Å². The fourth-order valence-electron chi connectivity index (χ4n) is 0.837. The van der Waals surface area contributed by atoms with Crippen molar-refractivity contribution in [2.75, 3.05) is 18.5 Å². The lowest BCUT2D eigenvalue weighted by Crippen LogP contribution is -2.15. The van der Waals surface area contributed by atoms with Gasteiger partial charge in [-0.3, -0.25) is 10.1 Å². The van der Waals surface area contributed by atoms with Crippen molar-refractivity contribution < 1.29 is 10.0 Å². The molecule has 0 saturated carbocycles. The molecule has 1 atom stereocenters. The Kier molecular flexibility index (Phi) is 3.92. The number of nitrogens with zero attached hydrogens (tertiary/aromatic N) is 3. The zero-order chi connectivity index (χ0) is 11.3. The fraction of sp³-hybridized carbons (Fsp3) is 0.500. The number of anilines is 1. The second kappa shape index (κ2) is 5.20. The molecule has 15 heavy (non-hydrogen) atoms. The second-order valence-corrected chi connectivity index (χ2v) is 3.19. The highest BCUT2D eigenvalue weighted by Crippen LogP contribution is 2.08. The molecule has 1 rings (SSSR count). The number of hydrogen-bond donors (Lipinski definition) is 2. The van der Waals surface area contributed by atoms with E-state index in [0.717, 1.165) is 12.4 Å². The third-order valence-electron chi connectivity index (χ3n) is 1.77. The van der Waals surface area contributed by atoms with Gasteiger partial charge in [-0.1, -0.05) is 6.92 Å². The van der Waals surface area contributed by atoms with E-state index in [4.69, 9.17) is 5.11 Å². The van der Waals surface area contributed by atoms with E-state index in [1.165, 1.54) is 0 Å². The van der Waals surface area contributed by atoms with E-state index in [1.807, 2.05) is 6.92 Å². The van der Waals surface area contributed by atoms with E-state index in [2.05, 4.69) is 15.3 Å². The summed E-state index contributed by atoms with van der Waals surface area (Å²) in [5.74, 6) is 0.407. The molecule has 0 amide bonds. The molecule has 0 aromatic carbocycles. The summed E-state index contributed by atoms with van der Waals surface area (Å²) in [5, 5.41) is 21.9. The van der Waals surface area contributed by atoms with Crippen LogP contribution in [0.4, 0.5) is 11.6 Å². The largest absolute Gasteiger partial charge is 0.396 e. The third kappa shape index (κ3) is 3.47. The van der Waals surface area contributed by atoms with Gasteiger partial charge < -0.3 is 10.4 Å². The number of aromatic nitrogens is 2. The maximum absolute atomic E-state index is 10.3. The van der Waals surface area contributed by atoms with Crippen molar-refractivity contribution in [2.45, 2.75) is 6.92 Å². The third-order valence-corrected chi connectivity index (χ3v) is 1.77. The maximum atomic E-state index is 10.3. The molecule has 0 saturated heterocycles. The van der Waals surface area contributed by atoms with Crippen LogP contribution in [0.2, 0.25) is 0 Å². The highest BCUT2D eigenvalue weighted by Gasteiger charge is 2.06. The average molecular weight is 212 g/mol. The molecule has 1 unspecified atom stereocenters. The number of hydrogen-bond acceptors (Lipinski definition) is 6. The molecule has 0 fully saturated rings. The first kappa shape index (κ1) is 11.3. The van der Waals surface area contributed by atoms with Crippen molar-refractivity contribution in [2.24, 2.45) is 5.92 Å². The number of nitro groups is 1. The number of aliphatic hydroxyl groups excluding tert-OH is 1. The fourth-order valence-corrected chi connectivity index (χ4v) is 0.837. The number of rotatable bonds is 5. The van der Waals surface area contributed by atoms with Gasteiger partial charge >= 0.3 is 5.69 Å². The molecule has 7 heteroatoms. The molecular formula is C8H12N4O3. The van der Waals surface area contributed by atoms with E-state index in [0.29, 0.717) is 12.5 Å². The Morgan fingerprint density at radius 2 is 2.20 bits per heavy atom. The highest BCUT2D eigenvalue weighted by molar-refractivity contribution is 5.30. The van der Waals surface area contributed by atoms with Crippen LogP contribution in [0.15, 0.2) is 12.4 Å². The topological polar surface area (TPSA) is 101 Å². The van der Waals surface area contributed by atoms with E-state index < -0.39 is 4.92 Å². The van der Waals surface area contributed by atoms with Crippen molar-refractivity contribution in [3.05, 3.63) is 22.5 Å². The second-order valence-electron chi connectivity index (χ2n) is 3.19. The van der Waals surface area contributed by atoms with Crippen molar-refractivity contribution >= 4 is 11.6 Å². The molecule has 1 heterocycles. The first-order valence-corrected chi connectivity index (χ1v) is 4.44. The monoisotopic (exact) mass is 212 g/mol. The van der Waals surface area contributed by atoms with Gasteiger partial charge in [0.25, 0.3) is 0 Å². The van der Waals surface area contributed by atoms with Crippen LogP contribution in [0.5, 0.6) is 0 Å². The maximum Gasteiger partial charge on any atom is 0.305 e. The summed E-state index contributed by atoms with van der Waals surface area (Å²) >= 11 is 0. The van der Waals surface area contributed by atoms with Crippen LogP contribution in [0, 0.1) is 16.0 Å². The molecule has 0 radical (unpaired) electrons. The van der Waals surface area contributed by atoms with Crippen molar-refractivity contribution in [1.29, 1.82) is 0 Å². The van der Waals surface area contributed by atoms with Crippen LogP contribution >= 0.6 is 0 Å². The molecule has 7 nitrogen and oxygen atoms in total. The Hall–Kier alpha value is -1.76. The molecule has 0 aliphatic carbocycles. The van der Waals surface area contributed by atoms with Gasteiger partial charge in [0.1, 0.15) is 12.4 Å². The zero-order valence-corrected chi connectivity index (χ0v) is 8.25. The Morgan fingerprint density at radius 3 is 2.67 bits per heavy atom. The highest BCUT2D eigenvalue weighted by atomic mass is 16.6. The molecule has 0 aliphatic heterocycles. The first-order valence-electron chi connectivity index (χ1n) is 4.44. The van der Waals surface area contributed by atoms with Crippen LogP contribution < -0.4 is 5.32 Å². The Morgan fingerprint density at radius 1 is 1.60 bits per heavy atom. The molecule has 0 bridgehead atoms. The van der Waals surface area contributed by atoms with Crippen LogP contribution in [0.25, 0.3) is 0 Å². The summed E-state index contributed by atoms with van der Waals surface area (Å²) in [6.07, 6.45) is 2.28. The predicted molar refractivity (Wildman–Crippen MR) is 53.4 cm³/mol. The van der Waals surface area contributed by atoms with Gasteiger partial charge in [0, 0.05) is 13.2 Å². The summed E-state index contributed by atoms with van der Waals surface area (Å²) in [6.45, 7) is 2.45. The smallest absolute Gasteiger partial charge is 0.305 e. The lowest BCUT2D eigenvalue weighted by molar-refractivity contribution is -0.385. The first-order chi connectivity index (χ1) is 7.13. The van der Waals surface area contributed by atoms with Crippen LogP contribution in [0.1, 0.15) is 6.92 Å². The summed E-state index contributed by atoms with van der Waals surface area (Å²) in [5.41, 5.74) is -0.143. The molecule has 0 aliphatic rings. The van der Waals surface area contributed by atoms with E-state index >= 15 is 0 Å². The summed E-state index contributed by atoms with van der Waals surface area (Å²) in [6, 6.07) is 0. The standard InChI is InChI=1S/C8H12N4O3/c1-6(5-13)2-9-8-10-3-7(4-11-8)12(14)15/h3-4,6,13H,2,5H2,1H3,(H,9,10,11). The van der Waals surface area contributed by atoms with Gasteiger partial charge in [-0.25, -0.2) is 9.97 Å². The summed E-state index contributed by atoms with van der Waals surface area (Å²) < 4.78 is 0. The van der Waals surface area contributed by atoms with Gasteiger partial charge in [0.05, 0.1) is 4.92 Å². The average Bonchev–Trinajstić information content (AvgIpc) is 2.26. The zero-order valence-electron chi connectivity index (χ0n) is 8.25. The summed E-state index contributed by atoms with van der Waals surface area (Å²) in [7, 11) is 0. The Labute approximate surface area is 86.3 Å². The molecule has 1 aromatic rings. The molecule has 2 N–H and O–H groups in total. The van der Waals surface area contributed by atoms with Crippen molar-refractivity contribution in [3.8, 4) is 0 Å². The molecule has 0 spiro atoms. The number of aliphatic hydroxyl groups is 1. The number of nitrogens with one attached hydrogen (secondary N) is 1. The Balaban J connectivity index is 2.53. The van der Waals surface area contributed by atoms with E-state index in [1.54, 1.807) is 0 Å². The van der Waals surface area contributed by atoms with Crippen molar-refractivity contribution in [1.82, 2.24) is 9.97 Å². The van der Waals surface area contributed by atoms with Gasteiger partial charge in [0.15, 0.2) is 0 Å². The molecule has 82 valence electrons. The van der Waals surface area contributed by atoms with Crippen LogP contribution in [-0.2, 0) is 0 Å². The quantitative estimate of drug-likeness (QED) is 0.542. The molecule has 1 aromatic heterocycles. The lowest BCUT2D eigenvalue weighted by atomic mass is 10.2. The Bertz CT molecular complexity index is 327. The van der Waals surface area contributed by atoms with Gasteiger partial charge in [0.2, 0.25) is 5.95 Å². The van der Waals surface area contributed by atoms with Crippen LogP contribution in [-0.4, -0.2) is 33.1 Å². The van der Waals surface area contributed by atoms with E-state index in [-0.39, 0.29) is 18.2 Å². The predicted octanol–water partition coefficient (Wildman–Crippen LogP) is 0.425. The minimum atomic E-state index is -0.555. The van der Waals surface area contributed by atoms with Crippen molar-refractivity contribution in [3.63, 3.8) is 0 Å². The van der Waals surface area contributed by atoms with Crippen LogP contribution in [0.3, 0.4) is 0 Å². The van der Waals surface area contributed by atoms with Gasteiger partial charge in [-0.15, -0.1) is 0 Å². The van der Waals surface area contributed by atoms with Gasteiger partial charge in [-0.05, 0) is 5.92 Å². The normalized spacial score (nSPS) is 12.1. The SMILES string of the molecule is CC(CO)CNc1ncc([N+](=O)[O-])cn1. The summed E-state index contributed by atoms with van der Waals surface area (Å²) in [4.78, 5) is 17.3. The molecular weight excluding hydrogens is 200 g/mol. The van der Waals surface area contributed by atoms with Gasteiger partial charge in [-0.2, -0.15) is 0 Å². The lowest BCUT2D eigenvalue weighted by Gasteiger charge is -2.08. The minimum absolute atomic E-state index is 0.0694.